The Morgan fingerprint density at radius 3 is 2.85 bits per heavy atom. The van der Waals surface area contributed by atoms with Crippen molar-refractivity contribution in [1.82, 2.24) is 9.88 Å². The number of para-hydroxylation sites is 1. The Morgan fingerprint density at radius 1 is 1.19 bits per heavy atom. The van der Waals surface area contributed by atoms with Gasteiger partial charge in [0.1, 0.15) is 0 Å². The zero-order chi connectivity index (χ0) is 18.8. The molecule has 0 atom stereocenters. The minimum Gasteiger partial charge on any atom is -0.452 e. The van der Waals surface area contributed by atoms with Gasteiger partial charge in [0.25, 0.3) is 5.91 Å². The van der Waals surface area contributed by atoms with Crippen LogP contribution in [-0.4, -0.2) is 35.4 Å². The Hall–Kier alpha value is -2.73. The van der Waals surface area contributed by atoms with E-state index in [1.165, 1.54) is 0 Å². The van der Waals surface area contributed by atoms with E-state index in [0.29, 0.717) is 12.1 Å². The van der Waals surface area contributed by atoms with Gasteiger partial charge in [0.2, 0.25) is 0 Å². The number of esters is 1. The molecule has 0 N–H and O–H groups in total. The molecule has 0 unspecified atom stereocenters. The van der Waals surface area contributed by atoms with Crippen molar-refractivity contribution in [1.29, 1.82) is 0 Å². The molecule has 138 valence electrons. The van der Waals surface area contributed by atoms with Gasteiger partial charge in [-0.15, -0.1) is 11.3 Å². The van der Waals surface area contributed by atoms with Crippen LogP contribution in [0.3, 0.4) is 0 Å². The molecule has 1 amide bonds. The zero-order valence-corrected chi connectivity index (χ0v) is 15.9. The predicted octanol–water partition coefficient (Wildman–Crippen LogP) is 3.60. The summed E-state index contributed by atoms with van der Waals surface area (Å²) in [5, 5.41) is 2.77. The van der Waals surface area contributed by atoms with Crippen molar-refractivity contribution in [3.8, 4) is 0 Å². The first kappa shape index (κ1) is 17.7. The highest BCUT2D eigenvalue weighted by Crippen LogP contribution is 2.30. The van der Waals surface area contributed by atoms with Crippen molar-refractivity contribution in [3.05, 3.63) is 63.5 Å². The highest BCUT2D eigenvalue weighted by Gasteiger charge is 2.25. The van der Waals surface area contributed by atoms with Crippen LogP contribution < -0.4 is 0 Å². The van der Waals surface area contributed by atoms with Gasteiger partial charge in [-0.05, 0) is 42.3 Å². The van der Waals surface area contributed by atoms with E-state index < -0.39 is 5.97 Å². The number of aromatic nitrogens is 1. The number of hydrogen-bond donors (Lipinski definition) is 0. The summed E-state index contributed by atoms with van der Waals surface area (Å²) in [7, 11) is 1.72. The lowest BCUT2D eigenvalue weighted by molar-refractivity contribution is -0.133. The summed E-state index contributed by atoms with van der Waals surface area (Å²) in [6, 6.07) is 11.5. The molecule has 1 aliphatic carbocycles. The minimum absolute atomic E-state index is 0.216. The maximum atomic E-state index is 12.8. The third-order valence-corrected chi connectivity index (χ3v) is 5.71. The molecule has 0 bridgehead atoms. The van der Waals surface area contributed by atoms with E-state index >= 15 is 0 Å². The van der Waals surface area contributed by atoms with Crippen LogP contribution in [0.15, 0.2) is 41.8 Å². The van der Waals surface area contributed by atoms with E-state index in [-0.39, 0.29) is 12.5 Å². The van der Waals surface area contributed by atoms with Crippen LogP contribution in [-0.2, 0) is 28.9 Å². The number of amides is 1. The minimum atomic E-state index is -0.440. The third-order valence-electron chi connectivity index (χ3n) is 4.85. The van der Waals surface area contributed by atoms with E-state index in [9.17, 15) is 9.59 Å². The van der Waals surface area contributed by atoms with Gasteiger partial charge in [0, 0.05) is 23.0 Å². The van der Waals surface area contributed by atoms with Gasteiger partial charge in [0.15, 0.2) is 6.61 Å². The molecular formula is C21H20N2O3S. The number of pyridine rings is 1. The van der Waals surface area contributed by atoms with Crippen molar-refractivity contribution in [2.24, 2.45) is 0 Å². The molecule has 0 aliphatic heterocycles. The number of carbonyl (C=O) groups excluding carboxylic acids is 2. The SMILES string of the molecule is CN(Cc1cccs1)C(=O)COC(=O)c1c2c(nc3ccccc13)CCC2. The first-order valence-corrected chi connectivity index (χ1v) is 9.85. The molecule has 4 rings (SSSR count). The van der Waals surface area contributed by atoms with Crippen molar-refractivity contribution in [2.75, 3.05) is 13.7 Å². The normalized spacial score (nSPS) is 12.8. The summed E-state index contributed by atoms with van der Waals surface area (Å²) in [6.45, 7) is 0.258. The third kappa shape index (κ3) is 3.57. The molecule has 0 radical (unpaired) electrons. The number of hydrogen-bond acceptors (Lipinski definition) is 5. The van der Waals surface area contributed by atoms with Gasteiger partial charge >= 0.3 is 5.97 Å². The number of nitrogens with zero attached hydrogens (tertiary/aromatic N) is 2. The van der Waals surface area contributed by atoms with E-state index in [4.69, 9.17) is 4.74 Å². The summed E-state index contributed by atoms with van der Waals surface area (Å²) in [4.78, 5) is 32.5. The van der Waals surface area contributed by atoms with Crippen molar-refractivity contribution in [3.63, 3.8) is 0 Å². The average Bonchev–Trinajstić information content (AvgIpc) is 3.35. The van der Waals surface area contributed by atoms with Gasteiger partial charge in [0.05, 0.1) is 17.6 Å². The molecule has 1 aromatic carbocycles. The summed E-state index contributed by atoms with van der Waals surface area (Å²) < 4.78 is 5.41. The molecule has 3 aromatic rings. The Bertz CT molecular complexity index is 998. The highest BCUT2D eigenvalue weighted by molar-refractivity contribution is 7.09. The fraction of sp³-hybridized carbons (Fsp3) is 0.286. The molecular weight excluding hydrogens is 360 g/mol. The first-order valence-electron chi connectivity index (χ1n) is 8.97. The lowest BCUT2D eigenvalue weighted by atomic mass is 10.0. The van der Waals surface area contributed by atoms with Gasteiger partial charge in [-0.2, -0.15) is 0 Å². The second-order valence-corrected chi connectivity index (χ2v) is 7.72. The van der Waals surface area contributed by atoms with Crippen LogP contribution >= 0.6 is 11.3 Å². The smallest absolute Gasteiger partial charge is 0.339 e. The Balaban J connectivity index is 1.51. The number of thiophene rings is 1. The van der Waals surface area contributed by atoms with E-state index in [1.807, 2.05) is 41.8 Å². The quantitative estimate of drug-likeness (QED) is 0.635. The van der Waals surface area contributed by atoms with Gasteiger partial charge in [-0.25, -0.2) is 4.79 Å². The molecule has 0 saturated heterocycles. The zero-order valence-electron chi connectivity index (χ0n) is 15.1. The maximum absolute atomic E-state index is 12.8. The molecule has 0 spiro atoms. The number of carbonyl (C=O) groups is 2. The van der Waals surface area contributed by atoms with Crippen molar-refractivity contribution >= 4 is 34.1 Å². The van der Waals surface area contributed by atoms with Crippen LogP contribution in [0.1, 0.15) is 32.9 Å². The molecule has 2 aromatic heterocycles. The second-order valence-electron chi connectivity index (χ2n) is 6.69. The Labute approximate surface area is 161 Å². The number of fused-ring (bicyclic) bond motifs is 2. The summed E-state index contributed by atoms with van der Waals surface area (Å²) in [5.41, 5.74) is 3.31. The van der Waals surface area contributed by atoms with Gasteiger partial charge < -0.3 is 9.64 Å². The largest absolute Gasteiger partial charge is 0.452 e. The lowest BCUT2D eigenvalue weighted by Crippen LogP contribution is -2.30. The first-order chi connectivity index (χ1) is 13.1. The van der Waals surface area contributed by atoms with E-state index in [1.54, 1.807) is 23.3 Å². The molecule has 5 nitrogen and oxygen atoms in total. The van der Waals surface area contributed by atoms with Crippen LogP contribution in [0, 0.1) is 0 Å². The number of ether oxygens (including phenoxy) is 1. The predicted molar refractivity (Wildman–Crippen MR) is 105 cm³/mol. The van der Waals surface area contributed by atoms with Crippen LogP contribution in [0.25, 0.3) is 10.9 Å². The number of benzene rings is 1. The Morgan fingerprint density at radius 2 is 2.04 bits per heavy atom. The fourth-order valence-electron chi connectivity index (χ4n) is 3.48. The Kier molecular flexibility index (Phi) is 4.90. The average molecular weight is 380 g/mol. The molecule has 0 fully saturated rings. The molecule has 2 heterocycles. The topological polar surface area (TPSA) is 59.5 Å². The lowest BCUT2D eigenvalue weighted by Gasteiger charge is -2.17. The van der Waals surface area contributed by atoms with E-state index in [0.717, 1.165) is 46.3 Å². The summed E-state index contributed by atoms with van der Waals surface area (Å²) >= 11 is 1.60. The van der Waals surface area contributed by atoms with Crippen molar-refractivity contribution in [2.45, 2.75) is 25.8 Å². The number of aryl methyl sites for hydroxylation is 1. The highest BCUT2D eigenvalue weighted by atomic mass is 32.1. The van der Waals surface area contributed by atoms with Crippen LogP contribution in [0.5, 0.6) is 0 Å². The fourth-order valence-corrected chi connectivity index (χ4v) is 4.24. The van der Waals surface area contributed by atoms with Crippen LogP contribution in [0.4, 0.5) is 0 Å². The van der Waals surface area contributed by atoms with Gasteiger partial charge in [-0.1, -0.05) is 24.3 Å². The van der Waals surface area contributed by atoms with Crippen LogP contribution in [0.2, 0.25) is 0 Å². The number of rotatable bonds is 5. The summed E-state index contributed by atoms with van der Waals surface area (Å²) in [5.74, 6) is -0.656. The maximum Gasteiger partial charge on any atom is 0.339 e. The monoisotopic (exact) mass is 380 g/mol. The van der Waals surface area contributed by atoms with Gasteiger partial charge in [-0.3, -0.25) is 9.78 Å². The number of likely N-dealkylation sites (N-methyl/N-ethyl adjacent to an activating group) is 1. The molecule has 0 saturated carbocycles. The molecule has 27 heavy (non-hydrogen) atoms. The molecule has 1 aliphatic rings. The summed E-state index contributed by atoms with van der Waals surface area (Å²) in [6.07, 6.45) is 2.69. The second kappa shape index (κ2) is 7.48. The van der Waals surface area contributed by atoms with Crippen molar-refractivity contribution < 1.29 is 14.3 Å². The standard InChI is InChI=1S/C21H20N2O3S/c1-23(12-14-6-5-11-27-14)19(24)13-26-21(25)20-15-7-2-3-9-17(15)22-18-10-4-8-16(18)20/h2-3,5-7,9,11H,4,8,10,12-13H2,1H3. The van der Waals surface area contributed by atoms with E-state index in [2.05, 4.69) is 4.98 Å². The molecule has 6 heteroatoms.